The standard InChI is InChI=1S/C22H27ClN2O4S/c1-16-11-12-20(29-2)21(13-16)30(27,28)25(19-9-4-3-5-10-19)15-22(26)24-18-8-6-7-17(23)14-18/h6-8,11-14,19H,3-5,9-10,15H2,1-2H3,(H,24,26). The van der Waals surface area contributed by atoms with Crippen LogP contribution in [0.1, 0.15) is 37.7 Å². The zero-order chi connectivity index (χ0) is 21.7. The normalized spacial score (nSPS) is 15.2. The Morgan fingerprint density at radius 3 is 2.57 bits per heavy atom. The first kappa shape index (κ1) is 22.6. The fourth-order valence-corrected chi connectivity index (χ4v) is 5.87. The van der Waals surface area contributed by atoms with E-state index in [0.717, 1.165) is 37.7 Å². The second kappa shape index (κ2) is 9.81. The van der Waals surface area contributed by atoms with Gasteiger partial charge in [-0.3, -0.25) is 4.79 Å². The highest BCUT2D eigenvalue weighted by atomic mass is 35.5. The van der Waals surface area contributed by atoms with Crippen LogP contribution in [0.15, 0.2) is 47.4 Å². The van der Waals surface area contributed by atoms with Crippen LogP contribution in [0.2, 0.25) is 5.02 Å². The summed E-state index contributed by atoms with van der Waals surface area (Å²) in [5.74, 6) is -0.130. The molecule has 0 saturated heterocycles. The molecule has 2 aromatic rings. The third kappa shape index (κ3) is 5.33. The average Bonchev–Trinajstić information content (AvgIpc) is 2.72. The number of halogens is 1. The lowest BCUT2D eigenvalue weighted by Gasteiger charge is -2.33. The van der Waals surface area contributed by atoms with Crippen molar-refractivity contribution in [1.29, 1.82) is 0 Å². The molecule has 1 amide bonds. The van der Waals surface area contributed by atoms with Crippen molar-refractivity contribution in [2.24, 2.45) is 0 Å². The molecule has 0 aliphatic heterocycles. The molecule has 1 aliphatic carbocycles. The Morgan fingerprint density at radius 2 is 1.90 bits per heavy atom. The molecule has 1 N–H and O–H groups in total. The zero-order valence-corrected chi connectivity index (χ0v) is 18.8. The Kier molecular flexibility index (Phi) is 7.39. The number of ether oxygens (including phenoxy) is 1. The predicted molar refractivity (Wildman–Crippen MR) is 119 cm³/mol. The van der Waals surface area contributed by atoms with Gasteiger partial charge in [0.15, 0.2) is 0 Å². The first-order valence-corrected chi connectivity index (χ1v) is 11.8. The highest BCUT2D eigenvalue weighted by Crippen LogP contribution is 2.32. The molecule has 6 nitrogen and oxygen atoms in total. The number of amides is 1. The number of hydrogen-bond donors (Lipinski definition) is 1. The minimum absolute atomic E-state index is 0.0890. The number of nitrogens with zero attached hydrogens (tertiary/aromatic N) is 1. The smallest absolute Gasteiger partial charge is 0.247 e. The Balaban J connectivity index is 1.92. The summed E-state index contributed by atoms with van der Waals surface area (Å²) in [5.41, 5.74) is 1.34. The van der Waals surface area contributed by atoms with Crippen LogP contribution >= 0.6 is 11.6 Å². The summed E-state index contributed by atoms with van der Waals surface area (Å²) >= 11 is 5.99. The van der Waals surface area contributed by atoms with E-state index in [1.807, 2.05) is 6.92 Å². The van der Waals surface area contributed by atoms with Crippen LogP contribution in [0.25, 0.3) is 0 Å². The lowest BCUT2D eigenvalue weighted by Crippen LogP contribution is -2.45. The largest absolute Gasteiger partial charge is 0.495 e. The Hall–Kier alpha value is -2.09. The van der Waals surface area contributed by atoms with E-state index in [-0.39, 0.29) is 23.2 Å². The molecule has 162 valence electrons. The van der Waals surface area contributed by atoms with Gasteiger partial charge in [-0.25, -0.2) is 8.42 Å². The summed E-state index contributed by atoms with van der Waals surface area (Å²) in [5, 5.41) is 3.25. The minimum Gasteiger partial charge on any atom is -0.495 e. The summed E-state index contributed by atoms with van der Waals surface area (Å²) in [6.07, 6.45) is 4.43. The molecule has 0 atom stereocenters. The summed E-state index contributed by atoms with van der Waals surface area (Å²) in [4.78, 5) is 12.9. The number of rotatable bonds is 7. The molecule has 8 heteroatoms. The Labute approximate surface area is 183 Å². The van der Waals surface area contributed by atoms with Crippen molar-refractivity contribution in [3.05, 3.63) is 53.1 Å². The van der Waals surface area contributed by atoms with Crippen molar-refractivity contribution in [2.45, 2.75) is 50.0 Å². The molecule has 3 rings (SSSR count). The van der Waals surface area contributed by atoms with E-state index in [4.69, 9.17) is 16.3 Å². The fourth-order valence-electron chi connectivity index (χ4n) is 3.80. The summed E-state index contributed by atoms with van der Waals surface area (Å²) in [7, 11) is -2.50. The van der Waals surface area contributed by atoms with Crippen molar-refractivity contribution >= 4 is 33.2 Å². The number of carbonyl (C=O) groups excluding carboxylic acids is 1. The molecule has 30 heavy (non-hydrogen) atoms. The first-order chi connectivity index (χ1) is 14.3. The van der Waals surface area contributed by atoms with Crippen molar-refractivity contribution in [2.75, 3.05) is 19.0 Å². The van der Waals surface area contributed by atoms with Gasteiger partial charge < -0.3 is 10.1 Å². The highest BCUT2D eigenvalue weighted by Gasteiger charge is 2.35. The van der Waals surface area contributed by atoms with Crippen LogP contribution in [0, 0.1) is 6.92 Å². The van der Waals surface area contributed by atoms with E-state index in [9.17, 15) is 13.2 Å². The zero-order valence-electron chi connectivity index (χ0n) is 17.2. The quantitative estimate of drug-likeness (QED) is 0.667. The first-order valence-electron chi connectivity index (χ1n) is 10.0. The molecule has 0 aromatic heterocycles. The van der Waals surface area contributed by atoms with Crippen LogP contribution in [-0.2, 0) is 14.8 Å². The molecule has 0 heterocycles. The number of carbonyl (C=O) groups is 1. The topological polar surface area (TPSA) is 75.7 Å². The van der Waals surface area contributed by atoms with Crippen molar-refractivity contribution in [3.63, 3.8) is 0 Å². The maximum Gasteiger partial charge on any atom is 0.247 e. The van der Waals surface area contributed by atoms with Gasteiger partial charge in [0.05, 0.1) is 13.7 Å². The van der Waals surface area contributed by atoms with Gasteiger partial charge in [-0.15, -0.1) is 0 Å². The second-order valence-electron chi connectivity index (χ2n) is 7.55. The molecule has 1 aliphatic rings. The number of methoxy groups -OCH3 is 1. The molecule has 0 bridgehead atoms. The third-order valence-electron chi connectivity index (χ3n) is 5.30. The SMILES string of the molecule is COc1ccc(C)cc1S(=O)(=O)N(CC(=O)Nc1cccc(Cl)c1)C1CCCCC1. The monoisotopic (exact) mass is 450 g/mol. The maximum absolute atomic E-state index is 13.7. The second-order valence-corrected chi connectivity index (χ2v) is 9.85. The molecular formula is C22H27ClN2O4S. The lowest BCUT2D eigenvalue weighted by molar-refractivity contribution is -0.116. The molecule has 0 radical (unpaired) electrons. The van der Waals surface area contributed by atoms with Crippen LogP contribution in [0.5, 0.6) is 5.75 Å². The fraction of sp³-hybridized carbons (Fsp3) is 0.409. The van der Waals surface area contributed by atoms with Crippen LogP contribution in [-0.4, -0.2) is 38.3 Å². The van der Waals surface area contributed by atoms with E-state index in [0.29, 0.717) is 10.7 Å². The van der Waals surface area contributed by atoms with E-state index < -0.39 is 15.9 Å². The highest BCUT2D eigenvalue weighted by molar-refractivity contribution is 7.89. The lowest BCUT2D eigenvalue weighted by atomic mass is 9.95. The van der Waals surface area contributed by atoms with Gasteiger partial charge in [-0.05, 0) is 55.7 Å². The van der Waals surface area contributed by atoms with Gasteiger partial charge in [0.2, 0.25) is 15.9 Å². The molecular weight excluding hydrogens is 424 g/mol. The van der Waals surface area contributed by atoms with Crippen molar-refractivity contribution in [3.8, 4) is 5.75 Å². The van der Waals surface area contributed by atoms with E-state index in [2.05, 4.69) is 5.32 Å². The molecule has 1 fully saturated rings. The average molecular weight is 451 g/mol. The third-order valence-corrected chi connectivity index (χ3v) is 7.45. The van der Waals surface area contributed by atoms with E-state index in [1.165, 1.54) is 11.4 Å². The van der Waals surface area contributed by atoms with Crippen LogP contribution in [0.4, 0.5) is 5.69 Å². The van der Waals surface area contributed by atoms with Gasteiger partial charge in [-0.2, -0.15) is 4.31 Å². The van der Waals surface area contributed by atoms with Gasteiger partial charge in [0, 0.05) is 16.8 Å². The van der Waals surface area contributed by atoms with Gasteiger partial charge in [0.25, 0.3) is 0 Å². The Morgan fingerprint density at radius 1 is 1.17 bits per heavy atom. The molecule has 0 spiro atoms. The summed E-state index contributed by atoms with van der Waals surface area (Å²) in [6, 6.07) is 11.6. The van der Waals surface area contributed by atoms with Crippen LogP contribution in [0.3, 0.4) is 0 Å². The number of aryl methyl sites for hydroxylation is 1. The number of hydrogen-bond acceptors (Lipinski definition) is 4. The van der Waals surface area contributed by atoms with Crippen molar-refractivity contribution < 1.29 is 17.9 Å². The maximum atomic E-state index is 13.7. The number of benzene rings is 2. The van der Waals surface area contributed by atoms with E-state index in [1.54, 1.807) is 42.5 Å². The molecule has 2 aromatic carbocycles. The van der Waals surface area contributed by atoms with Crippen molar-refractivity contribution in [1.82, 2.24) is 4.31 Å². The number of anilines is 1. The predicted octanol–water partition coefficient (Wildman–Crippen LogP) is 4.62. The Bertz CT molecular complexity index is 1000. The van der Waals surface area contributed by atoms with Crippen LogP contribution < -0.4 is 10.1 Å². The summed E-state index contributed by atoms with van der Waals surface area (Å²) < 4.78 is 34.0. The molecule has 1 saturated carbocycles. The number of sulfonamides is 1. The van der Waals surface area contributed by atoms with Gasteiger partial charge >= 0.3 is 0 Å². The molecule has 0 unspecified atom stereocenters. The van der Waals surface area contributed by atoms with Gasteiger partial charge in [-0.1, -0.05) is 43.0 Å². The number of nitrogens with one attached hydrogen (secondary N) is 1. The van der Waals surface area contributed by atoms with Gasteiger partial charge in [0.1, 0.15) is 10.6 Å². The van der Waals surface area contributed by atoms with E-state index >= 15 is 0 Å². The summed E-state index contributed by atoms with van der Waals surface area (Å²) in [6.45, 7) is 1.56. The minimum atomic E-state index is -3.94.